The number of aryl methyl sites for hydroxylation is 1. The third kappa shape index (κ3) is 5.44. The van der Waals surface area contributed by atoms with Crippen LogP contribution in [-0.4, -0.2) is 25.0 Å². The van der Waals surface area contributed by atoms with E-state index < -0.39 is 0 Å². The lowest BCUT2D eigenvalue weighted by Gasteiger charge is -2.33. The molecule has 1 aromatic rings. The number of allylic oxidation sites excluding steroid dienone is 1. The van der Waals surface area contributed by atoms with Crippen molar-refractivity contribution in [1.82, 2.24) is 5.32 Å². The Morgan fingerprint density at radius 1 is 1.15 bits per heavy atom. The van der Waals surface area contributed by atoms with Crippen LogP contribution in [0.25, 0.3) is 0 Å². The fraction of sp³-hybridized carbons (Fsp3) is 0.609. The molecule has 1 N–H and O–H groups in total. The molecule has 0 saturated heterocycles. The average Bonchev–Trinajstić information content (AvgIpc) is 2.59. The van der Waals surface area contributed by atoms with Crippen LogP contribution >= 0.6 is 0 Å². The predicted octanol–water partition coefficient (Wildman–Crippen LogP) is 5.66. The van der Waals surface area contributed by atoms with Gasteiger partial charge in [0.15, 0.2) is 0 Å². The summed E-state index contributed by atoms with van der Waals surface area (Å²) in [5.74, 6) is 2.02. The van der Waals surface area contributed by atoms with Crippen molar-refractivity contribution < 1.29 is 0 Å². The second kappa shape index (κ2) is 9.91. The number of benzene rings is 1. The molecule has 0 aliphatic carbocycles. The van der Waals surface area contributed by atoms with Crippen LogP contribution in [0.1, 0.15) is 70.9 Å². The molecule has 144 valence electrons. The van der Waals surface area contributed by atoms with E-state index in [2.05, 4.69) is 76.0 Å². The zero-order chi connectivity index (χ0) is 19.1. The molecule has 26 heavy (non-hydrogen) atoms. The Kier molecular flexibility index (Phi) is 7.89. The van der Waals surface area contributed by atoms with E-state index in [9.17, 15) is 0 Å². The van der Waals surface area contributed by atoms with Crippen LogP contribution in [0.15, 0.2) is 35.5 Å². The lowest BCUT2D eigenvalue weighted by Crippen LogP contribution is -2.42. The van der Waals surface area contributed by atoms with Crippen LogP contribution < -0.4 is 10.2 Å². The number of amidine groups is 1. The Morgan fingerprint density at radius 2 is 1.92 bits per heavy atom. The zero-order valence-electron chi connectivity index (χ0n) is 17.5. The molecule has 2 atom stereocenters. The monoisotopic (exact) mass is 355 g/mol. The molecule has 0 saturated carbocycles. The Balaban J connectivity index is 2.28. The second-order valence-electron chi connectivity index (χ2n) is 8.02. The van der Waals surface area contributed by atoms with Crippen molar-refractivity contribution in [2.75, 3.05) is 18.0 Å². The summed E-state index contributed by atoms with van der Waals surface area (Å²) in [6.45, 7) is 15.4. The molecule has 3 heteroatoms. The molecule has 0 amide bonds. The smallest absolute Gasteiger partial charge is 0.105 e. The molecule has 1 aromatic carbocycles. The van der Waals surface area contributed by atoms with E-state index in [-0.39, 0.29) is 0 Å². The molecule has 0 radical (unpaired) electrons. The summed E-state index contributed by atoms with van der Waals surface area (Å²) in [4.78, 5) is 7.12. The SMILES string of the molecule is CCCCCNC(C)CN1/C(C)=N\C=C/C(C(C)C)c2ccc(C)cc21. The largest absolute Gasteiger partial charge is 0.328 e. The number of unbranched alkanes of at least 4 members (excludes halogenated alkanes) is 2. The van der Waals surface area contributed by atoms with Gasteiger partial charge in [0.2, 0.25) is 0 Å². The molecular weight excluding hydrogens is 318 g/mol. The van der Waals surface area contributed by atoms with Crippen LogP contribution in [0.3, 0.4) is 0 Å². The van der Waals surface area contributed by atoms with E-state index in [1.165, 1.54) is 36.1 Å². The van der Waals surface area contributed by atoms with E-state index in [1.54, 1.807) is 0 Å². The molecule has 1 aliphatic heterocycles. The number of hydrogen-bond acceptors (Lipinski definition) is 3. The van der Waals surface area contributed by atoms with E-state index in [0.29, 0.717) is 17.9 Å². The summed E-state index contributed by atoms with van der Waals surface area (Å²) < 4.78 is 0. The van der Waals surface area contributed by atoms with Gasteiger partial charge in [0.25, 0.3) is 0 Å². The van der Waals surface area contributed by atoms with Gasteiger partial charge in [-0.2, -0.15) is 0 Å². The lowest BCUT2D eigenvalue weighted by molar-refractivity contribution is 0.528. The maximum absolute atomic E-state index is 4.72. The van der Waals surface area contributed by atoms with Crippen molar-refractivity contribution in [3.05, 3.63) is 41.6 Å². The molecular formula is C23H37N3. The highest BCUT2D eigenvalue weighted by Gasteiger charge is 2.23. The Morgan fingerprint density at radius 3 is 2.62 bits per heavy atom. The minimum atomic E-state index is 0.401. The van der Waals surface area contributed by atoms with Gasteiger partial charge in [-0.1, -0.05) is 51.8 Å². The van der Waals surface area contributed by atoms with Gasteiger partial charge in [-0.15, -0.1) is 0 Å². The molecule has 0 bridgehead atoms. The van der Waals surface area contributed by atoms with Gasteiger partial charge in [-0.25, -0.2) is 4.99 Å². The van der Waals surface area contributed by atoms with Gasteiger partial charge in [0.05, 0.1) is 0 Å². The van der Waals surface area contributed by atoms with Crippen LogP contribution in [0.5, 0.6) is 0 Å². The van der Waals surface area contributed by atoms with Gasteiger partial charge in [-0.3, -0.25) is 0 Å². The van der Waals surface area contributed by atoms with Crippen LogP contribution in [-0.2, 0) is 0 Å². The fourth-order valence-electron chi connectivity index (χ4n) is 3.63. The first-order valence-electron chi connectivity index (χ1n) is 10.3. The molecule has 0 fully saturated rings. The summed E-state index contributed by atoms with van der Waals surface area (Å²) in [5, 5.41) is 3.69. The lowest BCUT2D eigenvalue weighted by atomic mass is 9.86. The number of aliphatic imine (C=N–C) groups is 1. The number of rotatable bonds is 8. The summed E-state index contributed by atoms with van der Waals surface area (Å²) in [5.41, 5.74) is 4.03. The van der Waals surface area contributed by atoms with Crippen LogP contribution in [0.2, 0.25) is 0 Å². The topological polar surface area (TPSA) is 27.6 Å². The van der Waals surface area contributed by atoms with Crippen molar-refractivity contribution in [1.29, 1.82) is 0 Å². The van der Waals surface area contributed by atoms with Gasteiger partial charge in [0, 0.05) is 30.4 Å². The maximum atomic E-state index is 4.72. The number of hydrogen-bond donors (Lipinski definition) is 1. The zero-order valence-corrected chi connectivity index (χ0v) is 17.5. The van der Waals surface area contributed by atoms with Gasteiger partial charge in [0.1, 0.15) is 5.84 Å². The van der Waals surface area contributed by atoms with Crippen molar-refractivity contribution in [2.45, 2.75) is 72.8 Å². The maximum Gasteiger partial charge on any atom is 0.105 e. The van der Waals surface area contributed by atoms with Gasteiger partial charge >= 0.3 is 0 Å². The molecule has 1 aliphatic rings. The molecule has 3 nitrogen and oxygen atoms in total. The van der Waals surface area contributed by atoms with Crippen molar-refractivity contribution in [3.63, 3.8) is 0 Å². The van der Waals surface area contributed by atoms with E-state index in [1.807, 2.05) is 6.20 Å². The predicted molar refractivity (Wildman–Crippen MR) is 115 cm³/mol. The van der Waals surface area contributed by atoms with Gasteiger partial charge < -0.3 is 10.2 Å². The van der Waals surface area contributed by atoms with E-state index in [4.69, 9.17) is 4.99 Å². The second-order valence-corrected chi connectivity index (χ2v) is 8.02. The Labute approximate surface area is 160 Å². The molecule has 2 unspecified atom stereocenters. The first-order chi connectivity index (χ1) is 12.4. The quantitative estimate of drug-likeness (QED) is 0.610. The van der Waals surface area contributed by atoms with Gasteiger partial charge in [-0.05, 0) is 56.8 Å². The molecule has 1 heterocycles. The highest BCUT2D eigenvalue weighted by atomic mass is 15.2. The van der Waals surface area contributed by atoms with E-state index >= 15 is 0 Å². The standard InChI is InChI=1S/C23H37N3/c1-7-8-9-13-24-19(5)16-26-20(6)25-14-12-21(17(2)3)22-11-10-18(4)15-23(22)26/h10-12,14-15,17,19,21,24H,7-9,13,16H2,1-6H3/b14-12-,25-20-. The van der Waals surface area contributed by atoms with Crippen LogP contribution in [0.4, 0.5) is 5.69 Å². The highest BCUT2D eigenvalue weighted by Crippen LogP contribution is 2.36. The first-order valence-corrected chi connectivity index (χ1v) is 10.3. The summed E-state index contributed by atoms with van der Waals surface area (Å²) in [7, 11) is 0. The third-order valence-electron chi connectivity index (χ3n) is 5.23. The number of fused-ring (bicyclic) bond motifs is 1. The molecule has 0 spiro atoms. The highest BCUT2D eigenvalue weighted by molar-refractivity contribution is 5.97. The first kappa shape index (κ1) is 20.7. The van der Waals surface area contributed by atoms with Crippen molar-refractivity contribution >= 4 is 11.5 Å². The fourth-order valence-corrected chi connectivity index (χ4v) is 3.63. The minimum Gasteiger partial charge on any atom is -0.328 e. The normalized spacial score (nSPS) is 21.6. The Bertz CT molecular complexity index is 630. The number of nitrogens with one attached hydrogen (secondary N) is 1. The molecule has 0 aromatic heterocycles. The van der Waals surface area contributed by atoms with Crippen molar-refractivity contribution in [2.24, 2.45) is 10.9 Å². The Hall–Kier alpha value is -1.61. The van der Waals surface area contributed by atoms with Crippen molar-refractivity contribution in [3.8, 4) is 0 Å². The summed E-state index contributed by atoms with van der Waals surface area (Å²) >= 11 is 0. The third-order valence-corrected chi connectivity index (χ3v) is 5.23. The van der Waals surface area contributed by atoms with E-state index in [0.717, 1.165) is 18.9 Å². The molecule has 2 rings (SSSR count). The summed E-state index contributed by atoms with van der Waals surface area (Å²) in [6.07, 6.45) is 8.07. The minimum absolute atomic E-state index is 0.401. The summed E-state index contributed by atoms with van der Waals surface area (Å²) in [6, 6.07) is 7.30. The average molecular weight is 356 g/mol. The number of nitrogens with zero attached hydrogens (tertiary/aromatic N) is 2. The number of anilines is 1. The van der Waals surface area contributed by atoms with Crippen LogP contribution in [0, 0.1) is 12.8 Å².